The smallest absolute Gasteiger partial charge is 0.266 e. The summed E-state index contributed by atoms with van der Waals surface area (Å²) >= 11 is 0. The Morgan fingerprint density at radius 2 is 1.78 bits per heavy atom. The summed E-state index contributed by atoms with van der Waals surface area (Å²) in [4.78, 5) is 13.1. The third kappa shape index (κ3) is 2.71. The van der Waals surface area contributed by atoms with Crippen LogP contribution in [0.25, 0.3) is 27.5 Å². The summed E-state index contributed by atoms with van der Waals surface area (Å²) in [6.45, 7) is 0. The molecule has 2 aromatic carbocycles. The summed E-state index contributed by atoms with van der Waals surface area (Å²) in [5.74, 6) is -0.416. The van der Waals surface area contributed by atoms with E-state index in [0.717, 1.165) is 0 Å². The second kappa shape index (κ2) is 6.00. The van der Waals surface area contributed by atoms with Crippen LogP contribution in [0, 0.1) is 5.82 Å². The number of sulfonamides is 1. The van der Waals surface area contributed by atoms with Crippen molar-refractivity contribution in [1.82, 2.24) is 19.1 Å². The lowest BCUT2D eigenvalue weighted by molar-refractivity contribution is 0.588. The number of nitrogens with one attached hydrogen (secondary N) is 1. The number of aromatic nitrogens is 3. The van der Waals surface area contributed by atoms with Crippen molar-refractivity contribution in [1.29, 1.82) is 0 Å². The normalized spacial score (nSPS) is 12.1. The average Bonchev–Trinajstić information content (AvgIpc) is 3.05. The molecule has 7 nitrogen and oxygen atoms in total. The van der Waals surface area contributed by atoms with Gasteiger partial charge < -0.3 is 0 Å². The molecule has 2 heterocycles. The molecule has 0 saturated carbocycles. The van der Waals surface area contributed by atoms with Gasteiger partial charge in [0.2, 0.25) is 10.0 Å². The zero-order valence-corrected chi connectivity index (χ0v) is 15.3. The van der Waals surface area contributed by atoms with Gasteiger partial charge in [0.1, 0.15) is 11.3 Å². The molecule has 2 aromatic heterocycles. The number of hydrogen-bond donors (Lipinski definition) is 1. The molecule has 0 bridgehead atoms. The van der Waals surface area contributed by atoms with Crippen LogP contribution in [0.2, 0.25) is 0 Å². The minimum atomic E-state index is -3.67. The molecule has 0 unspecified atom stereocenters. The van der Waals surface area contributed by atoms with E-state index in [1.165, 1.54) is 52.7 Å². The maximum atomic E-state index is 13.3. The van der Waals surface area contributed by atoms with Crippen molar-refractivity contribution in [3.8, 4) is 5.69 Å². The van der Waals surface area contributed by atoms with E-state index in [1.807, 2.05) is 0 Å². The SMILES string of the molecule is CNS(=O)(=O)c1ccc2c(c1)c1nn(C)cc1c(=O)n2-c1ccc(F)cc1. The molecule has 9 heteroatoms. The summed E-state index contributed by atoms with van der Waals surface area (Å²) in [6.07, 6.45) is 1.58. The van der Waals surface area contributed by atoms with E-state index in [1.54, 1.807) is 19.3 Å². The van der Waals surface area contributed by atoms with Crippen molar-refractivity contribution in [3.63, 3.8) is 0 Å². The minimum absolute atomic E-state index is 0.0637. The highest BCUT2D eigenvalue weighted by Gasteiger charge is 2.18. The van der Waals surface area contributed by atoms with Crippen molar-refractivity contribution < 1.29 is 12.8 Å². The number of pyridine rings is 1. The van der Waals surface area contributed by atoms with Crippen LogP contribution in [0.15, 0.2) is 58.4 Å². The van der Waals surface area contributed by atoms with Gasteiger partial charge in [-0.3, -0.25) is 14.0 Å². The van der Waals surface area contributed by atoms with Crippen LogP contribution < -0.4 is 10.3 Å². The first-order chi connectivity index (χ1) is 12.8. The van der Waals surface area contributed by atoms with Gasteiger partial charge in [-0.2, -0.15) is 5.10 Å². The molecule has 0 aliphatic heterocycles. The fraction of sp³-hybridized carbons (Fsp3) is 0.111. The molecule has 4 rings (SSSR count). The summed E-state index contributed by atoms with van der Waals surface area (Å²) < 4.78 is 42.9. The molecule has 138 valence electrons. The van der Waals surface area contributed by atoms with Crippen molar-refractivity contribution in [2.75, 3.05) is 7.05 Å². The van der Waals surface area contributed by atoms with Gasteiger partial charge in [0.05, 0.1) is 15.8 Å². The molecular weight excluding hydrogens is 371 g/mol. The molecule has 1 N–H and O–H groups in total. The Hall–Kier alpha value is -3.04. The number of nitrogens with zero attached hydrogens (tertiary/aromatic N) is 3. The van der Waals surface area contributed by atoms with Gasteiger partial charge >= 0.3 is 0 Å². The number of fused-ring (bicyclic) bond motifs is 3. The molecule has 0 fully saturated rings. The van der Waals surface area contributed by atoms with Crippen molar-refractivity contribution >= 4 is 31.8 Å². The predicted octanol–water partition coefficient (Wildman–Crippen LogP) is 1.92. The van der Waals surface area contributed by atoms with Gasteiger partial charge in [-0.05, 0) is 49.5 Å². The van der Waals surface area contributed by atoms with Crippen LogP contribution in [-0.2, 0) is 17.1 Å². The lowest BCUT2D eigenvalue weighted by atomic mass is 10.1. The summed E-state index contributed by atoms with van der Waals surface area (Å²) in [6, 6.07) is 9.98. The number of benzene rings is 2. The van der Waals surface area contributed by atoms with Crippen LogP contribution in [0.4, 0.5) is 4.39 Å². The highest BCUT2D eigenvalue weighted by atomic mass is 32.2. The topological polar surface area (TPSA) is 86.0 Å². The third-order valence-electron chi connectivity index (χ3n) is 4.39. The maximum absolute atomic E-state index is 13.3. The van der Waals surface area contributed by atoms with Gasteiger partial charge in [-0.1, -0.05) is 0 Å². The van der Waals surface area contributed by atoms with E-state index >= 15 is 0 Å². The van der Waals surface area contributed by atoms with E-state index in [4.69, 9.17) is 0 Å². The summed E-state index contributed by atoms with van der Waals surface area (Å²) in [7, 11) is -0.655. The van der Waals surface area contributed by atoms with Crippen LogP contribution in [-0.4, -0.2) is 29.8 Å². The van der Waals surface area contributed by atoms with Crippen LogP contribution >= 0.6 is 0 Å². The van der Waals surface area contributed by atoms with Gasteiger partial charge in [0, 0.05) is 24.3 Å². The fourth-order valence-electron chi connectivity index (χ4n) is 3.11. The van der Waals surface area contributed by atoms with Gasteiger partial charge in [0.25, 0.3) is 5.56 Å². The highest BCUT2D eigenvalue weighted by Crippen LogP contribution is 2.26. The molecule has 0 aliphatic rings. The molecular formula is C18H15FN4O3S. The zero-order valence-electron chi connectivity index (χ0n) is 14.5. The second-order valence-electron chi connectivity index (χ2n) is 6.07. The molecule has 0 atom stereocenters. The van der Waals surface area contributed by atoms with Crippen LogP contribution in [0.3, 0.4) is 0 Å². The van der Waals surface area contributed by atoms with Gasteiger partial charge in [0.15, 0.2) is 0 Å². The first-order valence-corrected chi connectivity index (χ1v) is 9.52. The first kappa shape index (κ1) is 17.4. The van der Waals surface area contributed by atoms with Crippen LogP contribution in [0.1, 0.15) is 0 Å². The largest absolute Gasteiger partial charge is 0.276 e. The van der Waals surface area contributed by atoms with Crippen molar-refractivity contribution in [2.45, 2.75) is 4.90 Å². The molecule has 0 radical (unpaired) electrons. The molecule has 0 aliphatic carbocycles. The molecule has 4 aromatic rings. The monoisotopic (exact) mass is 386 g/mol. The van der Waals surface area contributed by atoms with Gasteiger partial charge in [-0.25, -0.2) is 17.5 Å². The van der Waals surface area contributed by atoms with E-state index in [-0.39, 0.29) is 10.5 Å². The fourth-order valence-corrected chi connectivity index (χ4v) is 3.86. The number of aryl methyl sites for hydroxylation is 1. The average molecular weight is 386 g/mol. The molecule has 0 amide bonds. The van der Waals surface area contributed by atoms with E-state index in [9.17, 15) is 17.6 Å². The zero-order chi connectivity index (χ0) is 19.3. The Kier molecular flexibility index (Phi) is 3.86. The van der Waals surface area contributed by atoms with Crippen molar-refractivity contribution in [2.24, 2.45) is 7.05 Å². The molecule has 0 saturated heterocycles. The number of hydrogen-bond acceptors (Lipinski definition) is 4. The Morgan fingerprint density at radius 1 is 1.07 bits per heavy atom. The standard InChI is InChI=1S/C18H15FN4O3S/c1-20-27(25,26)13-7-8-16-14(9-13)17-15(10-22(2)21-17)18(24)23(16)12-5-3-11(19)4-6-12/h3-10,20H,1-2H3. The second-order valence-corrected chi connectivity index (χ2v) is 7.96. The Morgan fingerprint density at radius 3 is 2.44 bits per heavy atom. The first-order valence-electron chi connectivity index (χ1n) is 8.03. The van der Waals surface area contributed by atoms with E-state index < -0.39 is 15.8 Å². The minimum Gasteiger partial charge on any atom is -0.276 e. The summed E-state index contributed by atoms with van der Waals surface area (Å²) in [5, 5.41) is 5.17. The maximum Gasteiger partial charge on any atom is 0.266 e. The lowest BCUT2D eigenvalue weighted by Gasteiger charge is -2.12. The lowest BCUT2D eigenvalue weighted by Crippen LogP contribution is -2.20. The Labute approximate surface area is 153 Å². The van der Waals surface area contributed by atoms with Crippen molar-refractivity contribution in [3.05, 3.63) is 64.8 Å². The van der Waals surface area contributed by atoms with Crippen LogP contribution in [0.5, 0.6) is 0 Å². The molecule has 27 heavy (non-hydrogen) atoms. The van der Waals surface area contributed by atoms with E-state index in [0.29, 0.717) is 27.5 Å². The van der Waals surface area contributed by atoms with E-state index in [2.05, 4.69) is 9.82 Å². The number of halogens is 1. The Bertz CT molecular complexity index is 1360. The number of rotatable bonds is 3. The van der Waals surface area contributed by atoms with Gasteiger partial charge in [-0.15, -0.1) is 0 Å². The quantitative estimate of drug-likeness (QED) is 0.583. The Balaban J connectivity index is 2.18. The summed E-state index contributed by atoms with van der Waals surface area (Å²) in [5.41, 5.74) is 1.04. The highest BCUT2D eigenvalue weighted by molar-refractivity contribution is 7.89. The third-order valence-corrected chi connectivity index (χ3v) is 5.80. The molecule has 0 spiro atoms. The predicted molar refractivity (Wildman–Crippen MR) is 100 cm³/mol.